The van der Waals surface area contributed by atoms with Gasteiger partial charge in [0.1, 0.15) is 23.2 Å². The van der Waals surface area contributed by atoms with Crippen LogP contribution in [-0.4, -0.2) is 30.5 Å². The number of nitrogens with one attached hydrogen (secondary N) is 1. The third-order valence-electron chi connectivity index (χ3n) is 7.36. The van der Waals surface area contributed by atoms with Crippen molar-refractivity contribution in [3.63, 3.8) is 0 Å². The minimum Gasteiger partial charge on any atom is -0.428 e. The van der Waals surface area contributed by atoms with Gasteiger partial charge in [0.05, 0.1) is 11.1 Å². The molecule has 0 saturated carbocycles. The van der Waals surface area contributed by atoms with Crippen LogP contribution in [0.25, 0.3) is 0 Å². The Labute approximate surface area is 271 Å². The zero-order valence-electron chi connectivity index (χ0n) is 24.8. The average molecular weight is 700 g/mol. The molecule has 1 atom stereocenters. The summed E-state index contributed by atoms with van der Waals surface area (Å²) in [5, 5.41) is 2.46. The molecule has 0 aliphatic carbocycles. The molecule has 0 radical (unpaired) electrons. The normalized spacial score (nSPS) is 13.1. The highest BCUT2D eigenvalue weighted by molar-refractivity contribution is 6.24. The lowest BCUT2D eigenvalue weighted by molar-refractivity contribution is -0.253. The van der Waals surface area contributed by atoms with E-state index in [4.69, 9.17) is 0 Å². The second kappa shape index (κ2) is 14.5. The van der Waals surface area contributed by atoms with Gasteiger partial charge >= 0.3 is 18.7 Å². The number of amides is 1. The van der Waals surface area contributed by atoms with Gasteiger partial charge in [-0.25, -0.2) is 13.2 Å². The van der Waals surface area contributed by atoms with Crippen LogP contribution in [0.1, 0.15) is 44.6 Å². The van der Waals surface area contributed by atoms with E-state index >= 15 is 4.39 Å². The third-order valence-corrected chi connectivity index (χ3v) is 7.36. The molecule has 0 heterocycles. The summed E-state index contributed by atoms with van der Waals surface area (Å²) < 4.78 is 143. The number of rotatable bonds is 13. The molecule has 4 aromatic carbocycles. The van der Waals surface area contributed by atoms with Crippen LogP contribution in [0.3, 0.4) is 0 Å². The zero-order chi connectivity index (χ0) is 36.1. The summed E-state index contributed by atoms with van der Waals surface area (Å²) in [5.41, 5.74) is -5.36. The van der Waals surface area contributed by atoms with Crippen molar-refractivity contribution in [2.75, 3.05) is 0 Å². The largest absolute Gasteiger partial charge is 0.461 e. The van der Waals surface area contributed by atoms with Crippen molar-refractivity contribution in [3.05, 3.63) is 136 Å². The highest BCUT2D eigenvalue weighted by Crippen LogP contribution is 2.39. The molecule has 49 heavy (non-hydrogen) atoms. The number of ketones is 1. The predicted octanol–water partition coefficient (Wildman–Crippen LogP) is 7.98. The Hall–Kier alpha value is -5.21. The van der Waals surface area contributed by atoms with E-state index in [1.165, 1.54) is 24.3 Å². The number of aryl methyl sites for hydroxylation is 1. The van der Waals surface area contributed by atoms with Crippen LogP contribution >= 0.6 is 0 Å². The van der Waals surface area contributed by atoms with Crippen LogP contribution in [0.5, 0.6) is 5.75 Å². The number of carbonyl (C=O) groups excluding carboxylic acids is 3. The second-order valence-corrected chi connectivity index (χ2v) is 10.7. The van der Waals surface area contributed by atoms with Gasteiger partial charge < -0.3 is 10.1 Å². The average Bonchev–Trinajstić information content (AvgIpc) is 3.03. The molecule has 0 unspecified atom stereocenters. The summed E-state index contributed by atoms with van der Waals surface area (Å²) in [4.78, 5) is 36.3. The fraction of sp³-hybridized carbons (Fsp3) is 0.206. The molecule has 0 aliphatic heterocycles. The van der Waals surface area contributed by atoms with E-state index in [-0.39, 0.29) is 29.9 Å². The van der Waals surface area contributed by atoms with Crippen molar-refractivity contribution in [2.24, 2.45) is 0 Å². The van der Waals surface area contributed by atoms with Crippen molar-refractivity contribution in [3.8, 4) is 5.75 Å². The summed E-state index contributed by atoms with van der Waals surface area (Å²) in [6.45, 7) is 0. The topological polar surface area (TPSA) is 72.5 Å². The Kier molecular flexibility index (Phi) is 10.8. The fourth-order valence-electron chi connectivity index (χ4n) is 5.03. The molecule has 0 fully saturated rings. The van der Waals surface area contributed by atoms with Crippen molar-refractivity contribution < 1.29 is 63.0 Å². The fourth-order valence-corrected chi connectivity index (χ4v) is 5.03. The van der Waals surface area contributed by atoms with Gasteiger partial charge in [-0.05, 0) is 65.1 Å². The molecule has 5 nitrogen and oxygen atoms in total. The summed E-state index contributed by atoms with van der Waals surface area (Å²) in [6, 6.07) is 13.6. The lowest BCUT2D eigenvalue weighted by Gasteiger charge is -2.37. The molecule has 0 aliphatic rings. The van der Waals surface area contributed by atoms with Gasteiger partial charge in [-0.2, -0.15) is 30.7 Å². The quantitative estimate of drug-likeness (QED) is 0.0874. The van der Waals surface area contributed by atoms with Crippen molar-refractivity contribution in [2.45, 2.75) is 43.5 Å². The van der Waals surface area contributed by atoms with E-state index in [2.05, 4.69) is 10.1 Å². The highest BCUT2D eigenvalue weighted by atomic mass is 19.4. The number of carbonyl (C=O) groups is 3. The second-order valence-electron chi connectivity index (χ2n) is 10.7. The Balaban J connectivity index is 2.01. The number of alkyl halides is 7. The van der Waals surface area contributed by atoms with Crippen molar-refractivity contribution in [1.29, 1.82) is 0 Å². The molecule has 4 aromatic rings. The number of ether oxygens (including phenoxy) is 1. The monoisotopic (exact) mass is 699 g/mol. The molecular formula is C34H23F10NO4. The number of halogens is 10. The summed E-state index contributed by atoms with van der Waals surface area (Å²) in [5.74, 6) is -7.35. The first-order valence-electron chi connectivity index (χ1n) is 14.1. The summed E-state index contributed by atoms with van der Waals surface area (Å²) in [7, 11) is 0. The Morgan fingerprint density at radius 2 is 1.47 bits per heavy atom. The van der Waals surface area contributed by atoms with Crippen LogP contribution in [0.4, 0.5) is 43.9 Å². The van der Waals surface area contributed by atoms with E-state index in [1.54, 1.807) is 6.07 Å². The Morgan fingerprint density at radius 1 is 0.796 bits per heavy atom. The van der Waals surface area contributed by atoms with E-state index in [0.29, 0.717) is 35.9 Å². The van der Waals surface area contributed by atoms with Crippen LogP contribution in [0.2, 0.25) is 0 Å². The SMILES string of the molecule is O=CC(=O)CCc1cc([C@@](Cc2ccccc2)(NC(=O)c2ccc(F)c(C(F)(F)F)c2)c2cc(F)cc(OC(F)(F)C(F)F)c2)ccc1F. The van der Waals surface area contributed by atoms with E-state index in [9.17, 15) is 53.9 Å². The molecule has 0 aromatic heterocycles. The highest BCUT2D eigenvalue weighted by Gasteiger charge is 2.45. The first kappa shape index (κ1) is 36.6. The molecular weight excluding hydrogens is 676 g/mol. The molecule has 0 spiro atoms. The first-order chi connectivity index (χ1) is 22.9. The Morgan fingerprint density at radius 3 is 2.10 bits per heavy atom. The van der Waals surface area contributed by atoms with Gasteiger partial charge in [0, 0.05) is 24.5 Å². The first-order valence-corrected chi connectivity index (χ1v) is 14.1. The van der Waals surface area contributed by atoms with Gasteiger partial charge in [-0.3, -0.25) is 14.4 Å². The van der Waals surface area contributed by atoms with E-state index in [0.717, 1.165) is 18.2 Å². The molecule has 258 valence electrons. The molecule has 4 rings (SSSR count). The maximum atomic E-state index is 15.1. The lowest BCUT2D eigenvalue weighted by Crippen LogP contribution is -2.49. The Bertz CT molecular complexity index is 1850. The van der Waals surface area contributed by atoms with Crippen LogP contribution in [0.15, 0.2) is 84.9 Å². The standard InChI is InChI=1S/C34H23F10NO4/c35-24-14-23(15-26(16-24)49-34(43,44)31(38)39)32(17-19-4-2-1-3-5-19,22-8-11-28(36)20(12-22)6-9-25(47)18-46)45-30(48)21-7-10-29(37)27(13-21)33(40,41)42/h1-5,7-8,10-16,18,31H,6,9,17H2,(H,45,48)/t32-/m1/s1. The predicted molar refractivity (Wildman–Crippen MR) is 154 cm³/mol. The van der Waals surface area contributed by atoms with E-state index < -0.39 is 88.7 Å². The number of Topliss-reactive ketones (excluding diaryl/α,β-unsaturated/α-hetero) is 1. The van der Waals surface area contributed by atoms with Crippen molar-refractivity contribution in [1.82, 2.24) is 5.32 Å². The molecule has 1 amide bonds. The molecule has 0 bridgehead atoms. The van der Waals surface area contributed by atoms with Crippen LogP contribution < -0.4 is 10.1 Å². The maximum absolute atomic E-state index is 15.1. The number of aldehydes is 1. The van der Waals surface area contributed by atoms with E-state index in [1.807, 2.05) is 0 Å². The molecule has 15 heteroatoms. The van der Waals surface area contributed by atoms with Gasteiger partial charge in [0.2, 0.25) is 0 Å². The maximum Gasteiger partial charge on any atom is 0.461 e. The number of hydrogen-bond donors (Lipinski definition) is 1. The molecule has 0 saturated heterocycles. The van der Waals surface area contributed by atoms with Gasteiger partial charge in [-0.1, -0.05) is 42.5 Å². The molecule has 1 N–H and O–H groups in total. The van der Waals surface area contributed by atoms with Crippen LogP contribution in [0, 0.1) is 17.5 Å². The summed E-state index contributed by atoms with van der Waals surface area (Å²) in [6.07, 6.45) is -16.0. The van der Waals surface area contributed by atoms with Crippen molar-refractivity contribution >= 4 is 18.0 Å². The van der Waals surface area contributed by atoms with Gasteiger partial charge in [0.15, 0.2) is 12.1 Å². The minimum absolute atomic E-state index is 0.00300. The lowest BCUT2D eigenvalue weighted by atomic mass is 9.76. The third kappa shape index (κ3) is 8.64. The summed E-state index contributed by atoms with van der Waals surface area (Å²) >= 11 is 0. The minimum atomic E-state index is -5.24. The van der Waals surface area contributed by atoms with Gasteiger partial charge in [-0.15, -0.1) is 0 Å². The smallest absolute Gasteiger partial charge is 0.428 e. The van der Waals surface area contributed by atoms with Gasteiger partial charge in [0.25, 0.3) is 5.91 Å². The van der Waals surface area contributed by atoms with Crippen LogP contribution in [-0.2, 0) is 34.1 Å². The number of hydrogen-bond acceptors (Lipinski definition) is 4. The number of benzene rings is 4. The zero-order valence-corrected chi connectivity index (χ0v) is 24.8.